The van der Waals surface area contributed by atoms with Crippen LogP contribution in [-0.4, -0.2) is 36.3 Å². The van der Waals surface area contributed by atoms with Crippen LogP contribution in [0.25, 0.3) is 0 Å². The van der Waals surface area contributed by atoms with E-state index in [2.05, 4.69) is 5.32 Å². The van der Waals surface area contributed by atoms with E-state index in [1.54, 1.807) is 24.3 Å². The Bertz CT molecular complexity index is 446. The highest BCUT2D eigenvalue weighted by Gasteiger charge is 2.14. The first-order chi connectivity index (χ1) is 9.04. The largest absolute Gasteiger partial charge is 0.492 e. The van der Waals surface area contributed by atoms with Crippen molar-refractivity contribution in [3.8, 4) is 5.75 Å². The molecule has 0 heterocycles. The van der Waals surface area contributed by atoms with Crippen LogP contribution in [0, 0.1) is 0 Å². The normalized spacial score (nSPS) is 11.7. The standard InChI is InChI=1S/C13H17NO5/c1-3-18-11-7-5-4-6-10(11)14-12(15)8-19-9(2)13(16)17/h4-7,9H,3,8H2,1-2H3,(H,14,15)(H,16,17). The molecule has 0 bridgehead atoms. The molecular formula is C13H17NO5. The highest BCUT2D eigenvalue weighted by Crippen LogP contribution is 2.23. The lowest BCUT2D eigenvalue weighted by Crippen LogP contribution is -2.26. The van der Waals surface area contributed by atoms with Gasteiger partial charge in [0, 0.05) is 0 Å². The minimum absolute atomic E-state index is 0.325. The van der Waals surface area contributed by atoms with Gasteiger partial charge in [-0.15, -0.1) is 0 Å². The van der Waals surface area contributed by atoms with Crippen molar-refractivity contribution in [3.05, 3.63) is 24.3 Å². The zero-order valence-electron chi connectivity index (χ0n) is 10.9. The van der Waals surface area contributed by atoms with Gasteiger partial charge in [-0.1, -0.05) is 12.1 Å². The van der Waals surface area contributed by atoms with Crippen LogP contribution < -0.4 is 10.1 Å². The van der Waals surface area contributed by atoms with E-state index in [1.807, 2.05) is 6.92 Å². The van der Waals surface area contributed by atoms with Gasteiger partial charge in [-0.2, -0.15) is 0 Å². The summed E-state index contributed by atoms with van der Waals surface area (Å²) in [6.45, 7) is 3.37. The molecule has 1 rings (SSSR count). The third-order valence-corrected chi connectivity index (χ3v) is 2.27. The number of hydrogen-bond donors (Lipinski definition) is 2. The predicted octanol–water partition coefficient (Wildman–Crippen LogP) is 1.51. The lowest BCUT2D eigenvalue weighted by atomic mass is 10.3. The molecule has 6 nitrogen and oxygen atoms in total. The van der Waals surface area contributed by atoms with E-state index in [9.17, 15) is 9.59 Å². The Morgan fingerprint density at radius 1 is 1.37 bits per heavy atom. The second-order valence-electron chi connectivity index (χ2n) is 3.77. The zero-order valence-corrected chi connectivity index (χ0v) is 10.9. The van der Waals surface area contributed by atoms with E-state index >= 15 is 0 Å². The zero-order chi connectivity index (χ0) is 14.3. The summed E-state index contributed by atoms with van der Waals surface area (Å²) in [5, 5.41) is 11.2. The number of hydrogen-bond acceptors (Lipinski definition) is 4. The molecule has 1 amide bonds. The van der Waals surface area contributed by atoms with Crippen LogP contribution in [-0.2, 0) is 14.3 Å². The van der Waals surface area contributed by atoms with E-state index < -0.39 is 18.0 Å². The highest BCUT2D eigenvalue weighted by atomic mass is 16.5. The molecule has 0 aromatic heterocycles. The molecular weight excluding hydrogens is 250 g/mol. The maximum atomic E-state index is 11.6. The lowest BCUT2D eigenvalue weighted by molar-refractivity contribution is -0.150. The van der Waals surface area contributed by atoms with E-state index in [4.69, 9.17) is 14.6 Å². The molecule has 0 spiro atoms. The van der Waals surface area contributed by atoms with Crippen molar-refractivity contribution < 1.29 is 24.2 Å². The van der Waals surface area contributed by atoms with Crippen molar-refractivity contribution in [2.75, 3.05) is 18.5 Å². The monoisotopic (exact) mass is 267 g/mol. The predicted molar refractivity (Wildman–Crippen MR) is 69.3 cm³/mol. The van der Waals surface area contributed by atoms with Crippen molar-refractivity contribution in [1.29, 1.82) is 0 Å². The molecule has 1 atom stereocenters. The van der Waals surface area contributed by atoms with Crippen LogP contribution in [0.2, 0.25) is 0 Å². The number of aliphatic carboxylic acids is 1. The summed E-state index contributed by atoms with van der Waals surface area (Å²) in [7, 11) is 0. The van der Waals surface area contributed by atoms with Gasteiger partial charge in [-0.25, -0.2) is 4.79 Å². The summed E-state index contributed by atoms with van der Waals surface area (Å²) in [5.41, 5.74) is 0.529. The average Bonchev–Trinajstić information content (AvgIpc) is 2.38. The highest BCUT2D eigenvalue weighted by molar-refractivity contribution is 5.93. The van der Waals surface area contributed by atoms with Crippen LogP contribution in [0.1, 0.15) is 13.8 Å². The van der Waals surface area contributed by atoms with E-state index in [0.717, 1.165) is 0 Å². The Balaban J connectivity index is 2.55. The minimum atomic E-state index is -1.11. The quantitative estimate of drug-likeness (QED) is 0.782. The maximum absolute atomic E-state index is 11.6. The summed E-state index contributed by atoms with van der Waals surface area (Å²) in [5.74, 6) is -0.979. The van der Waals surface area contributed by atoms with Gasteiger partial charge >= 0.3 is 5.97 Å². The Hall–Kier alpha value is -2.08. The fourth-order valence-electron chi connectivity index (χ4n) is 1.31. The number of carboxylic acid groups (broad SMARTS) is 1. The maximum Gasteiger partial charge on any atom is 0.332 e. The first kappa shape index (κ1) is 15.0. The van der Waals surface area contributed by atoms with Gasteiger partial charge in [0.25, 0.3) is 5.91 Å². The van der Waals surface area contributed by atoms with Crippen LogP contribution >= 0.6 is 0 Å². The lowest BCUT2D eigenvalue weighted by Gasteiger charge is -2.12. The van der Waals surface area contributed by atoms with Gasteiger partial charge in [0.1, 0.15) is 12.4 Å². The summed E-state index contributed by atoms with van der Waals surface area (Å²) in [4.78, 5) is 22.1. The Kier molecular flexibility index (Phi) is 5.81. The van der Waals surface area contributed by atoms with Crippen molar-refractivity contribution in [1.82, 2.24) is 0 Å². The number of benzene rings is 1. The van der Waals surface area contributed by atoms with Gasteiger partial charge in [0.2, 0.25) is 0 Å². The van der Waals surface area contributed by atoms with Gasteiger partial charge in [-0.05, 0) is 26.0 Å². The van der Waals surface area contributed by atoms with Crippen molar-refractivity contribution in [2.45, 2.75) is 20.0 Å². The van der Waals surface area contributed by atoms with Gasteiger partial charge in [0.15, 0.2) is 6.10 Å². The molecule has 0 radical (unpaired) electrons. The number of ether oxygens (including phenoxy) is 2. The number of carboxylic acids is 1. The van der Waals surface area contributed by atoms with E-state index in [1.165, 1.54) is 6.92 Å². The fourth-order valence-corrected chi connectivity index (χ4v) is 1.31. The third kappa shape index (κ3) is 4.97. The molecule has 0 fully saturated rings. The minimum Gasteiger partial charge on any atom is -0.492 e. The summed E-state index contributed by atoms with van der Waals surface area (Å²) >= 11 is 0. The Labute approximate surface area is 111 Å². The number of anilines is 1. The molecule has 0 saturated carbocycles. The van der Waals surface area contributed by atoms with Crippen molar-refractivity contribution in [3.63, 3.8) is 0 Å². The molecule has 1 aromatic rings. The number of para-hydroxylation sites is 2. The second kappa shape index (κ2) is 7.38. The first-order valence-corrected chi connectivity index (χ1v) is 5.90. The molecule has 1 aromatic carbocycles. The van der Waals surface area contributed by atoms with Gasteiger partial charge in [-0.3, -0.25) is 4.79 Å². The molecule has 6 heteroatoms. The summed E-state index contributed by atoms with van der Waals surface area (Å²) < 4.78 is 10.2. The molecule has 1 unspecified atom stereocenters. The van der Waals surface area contributed by atoms with Gasteiger partial charge in [0.05, 0.1) is 12.3 Å². The Morgan fingerprint density at radius 3 is 2.68 bits per heavy atom. The van der Waals surface area contributed by atoms with E-state index in [0.29, 0.717) is 18.0 Å². The topological polar surface area (TPSA) is 84.9 Å². The number of nitrogens with one attached hydrogen (secondary N) is 1. The van der Waals surface area contributed by atoms with Crippen LogP contribution in [0.5, 0.6) is 5.75 Å². The molecule has 0 aliphatic rings. The average molecular weight is 267 g/mol. The first-order valence-electron chi connectivity index (χ1n) is 5.90. The number of carbonyl (C=O) groups is 2. The Morgan fingerprint density at radius 2 is 2.05 bits per heavy atom. The molecule has 2 N–H and O–H groups in total. The molecule has 19 heavy (non-hydrogen) atoms. The summed E-state index contributed by atoms with van der Waals surface area (Å²) in [6.07, 6.45) is -1.02. The molecule has 0 aliphatic carbocycles. The summed E-state index contributed by atoms with van der Waals surface area (Å²) in [6, 6.07) is 6.99. The van der Waals surface area contributed by atoms with Crippen LogP contribution in [0.4, 0.5) is 5.69 Å². The second-order valence-corrected chi connectivity index (χ2v) is 3.77. The SMILES string of the molecule is CCOc1ccccc1NC(=O)COC(C)C(=O)O. The number of amides is 1. The fraction of sp³-hybridized carbons (Fsp3) is 0.385. The number of carbonyl (C=O) groups excluding carboxylic acids is 1. The van der Waals surface area contributed by atoms with E-state index in [-0.39, 0.29) is 6.61 Å². The third-order valence-electron chi connectivity index (χ3n) is 2.27. The number of rotatable bonds is 7. The van der Waals surface area contributed by atoms with Crippen LogP contribution in [0.3, 0.4) is 0 Å². The molecule has 0 aliphatic heterocycles. The van der Waals surface area contributed by atoms with Crippen molar-refractivity contribution in [2.24, 2.45) is 0 Å². The van der Waals surface area contributed by atoms with Crippen molar-refractivity contribution >= 4 is 17.6 Å². The van der Waals surface area contributed by atoms with Crippen LogP contribution in [0.15, 0.2) is 24.3 Å². The molecule has 0 saturated heterocycles. The smallest absolute Gasteiger partial charge is 0.332 e. The van der Waals surface area contributed by atoms with Gasteiger partial charge < -0.3 is 19.9 Å². The molecule has 104 valence electrons.